The summed E-state index contributed by atoms with van der Waals surface area (Å²) in [6.07, 6.45) is 3.83. The second-order valence-electron chi connectivity index (χ2n) is 5.88. The number of nitrogens with zero attached hydrogens (tertiary/aromatic N) is 1. The lowest BCUT2D eigenvalue weighted by Crippen LogP contribution is -2.27. The van der Waals surface area contributed by atoms with Gasteiger partial charge in [0, 0.05) is 25.2 Å². The first-order valence-electron chi connectivity index (χ1n) is 7.93. The number of halogens is 1. The Kier molecular flexibility index (Phi) is 5.99. The summed E-state index contributed by atoms with van der Waals surface area (Å²) in [7, 11) is 0. The van der Waals surface area contributed by atoms with Crippen LogP contribution in [0.5, 0.6) is 0 Å². The van der Waals surface area contributed by atoms with E-state index in [0.29, 0.717) is 0 Å². The molecule has 1 aromatic rings. The highest BCUT2D eigenvalue weighted by Crippen LogP contribution is 2.30. The van der Waals surface area contributed by atoms with Gasteiger partial charge in [-0.05, 0) is 49.9 Å². The molecule has 1 fully saturated rings. The van der Waals surface area contributed by atoms with E-state index in [-0.39, 0.29) is 5.82 Å². The van der Waals surface area contributed by atoms with Crippen molar-refractivity contribution >= 4 is 0 Å². The molecule has 2 rings (SSSR count). The van der Waals surface area contributed by atoms with Crippen LogP contribution in [0.2, 0.25) is 0 Å². The van der Waals surface area contributed by atoms with Crippen molar-refractivity contribution in [2.75, 3.05) is 19.6 Å². The van der Waals surface area contributed by atoms with E-state index in [1.54, 1.807) is 6.07 Å². The zero-order chi connectivity index (χ0) is 14.4. The summed E-state index contributed by atoms with van der Waals surface area (Å²) in [6, 6.07) is 5.52. The Morgan fingerprint density at radius 1 is 1.30 bits per heavy atom. The van der Waals surface area contributed by atoms with Crippen molar-refractivity contribution in [2.45, 2.75) is 46.2 Å². The molecule has 0 aliphatic heterocycles. The van der Waals surface area contributed by atoms with Crippen molar-refractivity contribution < 1.29 is 4.39 Å². The minimum atomic E-state index is -0.0675. The second kappa shape index (κ2) is 7.75. The monoisotopic (exact) mass is 278 g/mol. The highest BCUT2D eigenvalue weighted by atomic mass is 19.1. The molecule has 0 spiro atoms. The molecule has 1 aliphatic carbocycles. The predicted molar refractivity (Wildman–Crippen MR) is 82.1 cm³/mol. The summed E-state index contributed by atoms with van der Waals surface area (Å²) in [5.74, 6) is 0.789. The lowest BCUT2D eigenvalue weighted by molar-refractivity contribution is 0.251. The van der Waals surface area contributed by atoms with E-state index in [2.05, 4.69) is 24.1 Å². The van der Waals surface area contributed by atoms with Gasteiger partial charge in [-0.3, -0.25) is 4.90 Å². The molecule has 1 saturated carbocycles. The molecular weight excluding hydrogens is 251 g/mol. The zero-order valence-corrected chi connectivity index (χ0v) is 12.8. The minimum Gasteiger partial charge on any atom is -0.313 e. The van der Waals surface area contributed by atoms with Crippen LogP contribution in [0, 0.1) is 11.7 Å². The van der Waals surface area contributed by atoms with Crippen molar-refractivity contribution in [2.24, 2.45) is 5.92 Å². The first kappa shape index (κ1) is 15.5. The lowest BCUT2D eigenvalue weighted by Gasteiger charge is -2.22. The van der Waals surface area contributed by atoms with Crippen molar-refractivity contribution in [3.8, 4) is 0 Å². The first-order valence-corrected chi connectivity index (χ1v) is 7.93. The largest absolute Gasteiger partial charge is 0.313 e. The zero-order valence-electron chi connectivity index (χ0n) is 12.8. The maximum atomic E-state index is 14.0. The van der Waals surface area contributed by atoms with Crippen LogP contribution in [0.15, 0.2) is 18.2 Å². The van der Waals surface area contributed by atoms with E-state index < -0.39 is 0 Å². The fraction of sp³-hybridized carbons (Fsp3) is 0.647. The normalized spacial score (nSPS) is 15.0. The van der Waals surface area contributed by atoms with Crippen LogP contribution in [0.3, 0.4) is 0 Å². The fourth-order valence-corrected chi connectivity index (χ4v) is 2.59. The van der Waals surface area contributed by atoms with Gasteiger partial charge in [-0.2, -0.15) is 0 Å². The molecule has 0 aromatic heterocycles. The van der Waals surface area contributed by atoms with Crippen LogP contribution in [0.1, 0.15) is 44.2 Å². The summed E-state index contributed by atoms with van der Waals surface area (Å²) in [5.41, 5.74) is 2.01. The van der Waals surface area contributed by atoms with Crippen LogP contribution in [0.4, 0.5) is 4.39 Å². The Bertz CT molecular complexity index is 415. The van der Waals surface area contributed by atoms with Crippen molar-refractivity contribution in [1.29, 1.82) is 0 Å². The molecule has 1 aromatic carbocycles. The maximum Gasteiger partial charge on any atom is 0.127 e. The van der Waals surface area contributed by atoms with Crippen molar-refractivity contribution in [3.63, 3.8) is 0 Å². The Morgan fingerprint density at radius 2 is 2.10 bits per heavy atom. The smallest absolute Gasteiger partial charge is 0.127 e. The summed E-state index contributed by atoms with van der Waals surface area (Å²) >= 11 is 0. The van der Waals surface area contributed by atoms with E-state index in [4.69, 9.17) is 0 Å². The average Bonchev–Trinajstić information content (AvgIpc) is 3.24. The summed E-state index contributed by atoms with van der Waals surface area (Å²) in [4.78, 5) is 2.41. The third kappa shape index (κ3) is 4.88. The molecule has 0 atom stereocenters. The van der Waals surface area contributed by atoms with Gasteiger partial charge in [0.2, 0.25) is 0 Å². The Balaban J connectivity index is 2.00. The van der Waals surface area contributed by atoms with Crippen LogP contribution in [-0.2, 0) is 13.1 Å². The Morgan fingerprint density at radius 3 is 2.75 bits per heavy atom. The summed E-state index contributed by atoms with van der Waals surface area (Å²) in [6.45, 7) is 8.98. The van der Waals surface area contributed by atoms with E-state index in [1.807, 2.05) is 12.1 Å². The van der Waals surface area contributed by atoms with Gasteiger partial charge in [0.05, 0.1) is 0 Å². The third-order valence-electron chi connectivity index (χ3n) is 3.84. The van der Waals surface area contributed by atoms with Gasteiger partial charge in [0.15, 0.2) is 0 Å². The number of rotatable bonds is 9. The number of nitrogens with one attached hydrogen (secondary N) is 1. The molecular formula is C17H27FN2. The van der Waals surface area contributed by atoms with E-state index >= 15 is 0 Å². The third-order valence-corrected chi connectivity index (χ3v) is 3.84. The topological polar surface area (TPSA) is 15.3 Å². The molecule has 0 radical (unpaired) electrons. The summed E-state index contributed by atoms with van der Waals surface area (Å²) in [5, 5.41) is 3.30. The van der Waals surface area contributed by atoms with Crippen molar-refractivity contribution in [3.05, 3.63) is 35.1 Å². The molecule has 0 saturated heterocycles. The summed E-state index contributed by atoms with van der Waals surface area (Å²) < 4.78 is 14.0. The molecule has 1 aliphatic rings. The Hall–Kier alpha value is -0.930. The number of hydrogen-bond donors (Lipinski definition) is 1. The quantitative estimate of drug-likeness (QED) is 0.743. The molecule has 1 N–H and O–H groups in total. The highest BCUT2D eigenvalue weighted by molar-refractivity contribution is 5.25. The maximum absolute atomic E-state index is 14.0. The standard InChI is InChI=1S/C17H27FN2/c1-3-9-20(12-14-5-6-14)13-16-10-15(11-19-4-2)7-8-17(16)18/h7-8,10,14,19H,3-6,9,11-13H2,1-2H3. The van der Waals surface area contributed by atoms with Crippen molar-refractivity contribution in [1.82, 2.24) is 10.2 Å². The van der Waals surface area contributed by atoms with Gasteiger partial charge >= 0.3 is 0 Å². The van der Waals surface area contributed by atoms with Gasteiger partial charge in [-0.25, -0.2) is 4.39 Å². The Labute approximate surface area is 122 Å². The molecule has 0 bridgehead atoms. The number of hydrogen-bond acceptors (Lipinski definition) is 2. The van der Waals surface area contributed by atoms with Crippen LogP contribution >= 0.6 is 0 Å². The minimum absolute atomic E-state index is 0.0675. The molecule has 2 nitrogen and oxygen atoms in total. The van der Waals surface area contributed by atoms with Crippen LogP contribution in [-0.4, -0.2) is 24.5 Å². The van der Waals surface area contributed by atoms with E-state index in [0.717, 1.165) is 50.6 Å². The van der Waals surface area contributed by atoms with Crippen LogP contribution < -0.4 is 5.32 Å². The SMILES string of the molecule is CCCN(Cc1cc(CNCC)ccc1F)CC1CC1. The van der Waals surface area contributed by atoms with Gasteiger partial charge in [-0.15, -0.1) is 0 Å². The molecule has 0 unspecified atom stereocenters. The van der Waals surface area contributed by atoms with Gasteiger partial charge < -0.3 is 5.32 Å². The molecule has 20 heavy (non-hydrogen) atoms. The molecule has 112 valence electrons. The number of benzene rings is 1. The predicted octanol–water partition coefficient (Wildman–Crippen LogP) is 3.56. The fourth-order valence-electron chi connectivity index (χ4n) is 2.59. The molecule has 0 amide bonds. The van der Waals surface area contributed by atoms with E-state index in [1.165, 1.54) is 18.4 Å². The van der Waals surface area contributed by atoms with E-state index in [9.17, 15) is 4.39 Å². The van der Waals surface area contributed by atoms with Gasteiger partial charge in [-0.1, -0.05) is 26.0 Å². The molecule has 0 heterocycles. The van der Waals surface area contributed by atoms with Crippen LogP contribution in [0.25, 0.3) is 0 Å². The highest BCUT2D eigenvalue weighted by Gasteiger charge is 2.24. The van der Waals surface area contributed by atoms with Gasteiger partial charge in [0.1, 0.15) is 5.82 Å². The lowest BCUT2D eigenvalue weighted by atomic mass is 10.1. The first-order chi connectivity index (χ1) is 9.72. The average molecular weight is 278 g/mol. The second-order valence-corrected chi connectivity index (χ2v) is 5.88. The molecule has 3 heteroatoms. The van der Waals surface area contributed by atoms with Gasteiger partial charge in [0.25, 0.3) is 0 Å².